The van der Waals surface area contributed by atoms with Gasteiger partial charge in [0.25, 0.3) is 5.91 Å². The van der Waals surface area contributed by atoms with Crippen LogP contribution in [0, 0.1) is 0 Å². The molecule has 1 aromatic heterocycles. The highest BCUT2D eigenvalue weighted by atomic mass is 32.2. The highest BCUT2D eigenvalue weighted by Crippen LogP contribution is 2.32. The van der Waals surface area contributed by atoms with E-state index in [0.29, 0.717) is 18.2 Å². The molecule has 1 aliphatic heterocycles. The van der Waals surface area contributed by atoms with Crippen molar-refractivity contribution in [3.63, 3.8) is 0 Å². The molecule has 4 rings (SSSR count). The van der Waals surface area contributed by atoms with Crippen molar-refractivity contribution in [1.29, 1.82) is 0 Å². The Morgan fingerprint density at radius 3 is 2.57 bits per heavy atom. The van der Waals surface area contributed by atoms with Crippen molar-refractivity contribution in [2.24, 2.45) is 0 Å². The van der Waals surface area contributed by atoms with E-state index < -0.39 is 32.7 Å². The van der Waals surface area contributed by atoms with E-state index in [-0.39, 0.29) is 30.7 Å². The van der Waals surface area contributed by atoms with Crippen LogP contribution in [0.4, 0.5) is 13.2 Å². The third-order valence-electron chi connectivity index (χ3n) is 5.45. The maximum Gasteiger partial charge on any atom is 0.416 e. The van der Waals surface area contributed by atoms with Crippen LogP contribution in [-0.2, 0) is 27.6 Å². The molecule has 2 heterocycles. The number of carbonyl (C=O) groups is 1. The van der Waals surface area contributed by atoms with Gasteiger partial charge in [0.1, 0.15) is 10.6 Å². The number of hydrogen-bond acceptors (Lipinski definition) is 6. The summed E-state index contributed by atoms with van der Waals surface area (Å²) in [5.74, 6) is -0.409. The van der Waals surface area contributed by atoms with Crippen molar-refractivity contribution < 1.29 is 39.7 Å². The predicted octanol–water partition coefficient (Wildman–Crippen LogP) is 4.89. The number of benzene rings is 2. The minimum atomic E-state index is -4.71. The zero-order chi connectivity index (χ0) is 25.1. The molecule has 2 aromatic carbocycles. The molecule has 0 bridgehead atoms. The van der Waals surface area contributed by atoms with E-state index in [4.69, 9.17) is 13.3 Å². The highest BCUT2D eigenvalue weighted by Gasteiger charge is 2.32. The predicted molar refractivity (Wildman–Crippen MR) is 118 cm³/mol. The fraction of sp³-hybridized carbons (Fsp3) is 0.292. The molecule has 1 unspecified atom stereocenters. The SMILES string of the molecule is O=C(c1ccco1)N(Cc1ccccc1OS(=O)(=O)c1cccc(C(F)(F)F)c1)CC1CCCO1. The molecular formula is C24H22F3NO6S. The molecule has 1 amide bonds. The van der Waals surface area contributed by atoms with Crippen molar-refractivity contribution in [3.05, 3.63) is 83.8 Å². The van der Waals surface area contributed by atoms with Gasteiger partial charge in [0.2, 0.25) is 0 Å². The number of carbonyl (C=O) groups excluding carboxylic acids is 1. The summed E-state index contributed by atoms with van der Waals surface area (Å²) in [5, 5.41) is 0. The second-order valence-corrected chi connectivity index (χ2v) is 9.52. The minimum Gasteiger partial charge on any atom is -0.459 e. The number of para-hydroxylation sites is 1. The maximum absolute atomic E-state index is 13.1. The molecule has 3 aromatic rings. The average Bonchev–Trinajstić information content (AvgIpc) is 3.53. The van der Waals surface area contributed by atoms with Gasteiger partial charge in [-0.15, -0.1) is 0 Å². The number of amides is 1. The van der Waals surface area contributed by atoms with Crippen molar-refractivity contribution >= 4 is 16.0 Å². The van der Waals surface area contributed by atoms with Crippen LogP contribution < -0.4 is 4.18 Å². The molecule has 0 aliphatic carbocycles. The standard InChI is InChI=1S/C24H22F3NO6S/c25-24(26,27)18-7-3-9-20(14-18)35(30,31)34-21-10-2-1-6-17(21)15-28(16-19-8-4-12-32-19)23(29)22-11-5-13-33-22/h1-3,5-7,9-11,13-14,19H,4,8,12,15-16H2. The van der Waals surface area contributed by atoms with Crippen LogP contribution >= 0.6 is 0 Å². The van der Waals surface area contributed by atoms with E-state index in [1.165, 1.54) is 29.4 Å². The fourth-order valence-electron chi connectivity index (χ4n) is 3.73. The summed E-state index contributed by atoms with van der Waals surface area (Å²) in [7, 11) is -4.59. The van der Waals surface area contributed by atoms with Crippen LogP contribution in [0.1, 0.15) is 34.5 Å². The molecule has 186 valence electrons. The molecule has 1 fully saturated rings. The average molecular weight is 510 g/mol. The number of furan rings is 1. The van der Waals surface area contributed by atoms with Crippen LogP contribution in [0.5, 0.6) is 5.75 Å². The summed E-state index contributed by atoms with van der Waals surface area (Å²) in [6.45, 7) is 0.796. The Morgan fingerprint density at radius 1 is 1.09 bits per heavy atom. The number of ether oxygens (including phenoxy) is 1. The Labute approximate surface area is 200 Å². The van der Waals surface area contributed by atoms with Crippen LogP contribution in [0.2, 0.25) is 0 Å². The summed E-state index contributed by atoms with van der Waals surface area (Å²) in [5.41, 5.74) is -0.761. The highest BCUT2D eigenvalue weighted by molar-refractivity contribution is 7.87. The van der Waals surface area contributed by atoms with E-state index in [2.05, 4.69) is 0 Å². The monoisotopic (exact) mass is 509 g/mol. The fourth-order valence-corrected chi connectivity index (χ4v) is 4.74. The minimum absolute atomic E-state index is 0.0341. The summed E-state index contributed by atoms with van der Waals surface area (Å²) in [4.78, 5) is 13.9. The van der Waals surface area contributed by atoms with Crippen LogP contribution in [0.3, 0.4) is 0 Å². The lowest BCUT2D eigenvalue weighted by Crippen LogP contribution is -2.37. The van der Waals surface area contributed by atoms with E-state index in [0.717, 1.165) is 31.0 Å². The molecule has 0 N–H and O–H groups in total. The van der Waals surface area contributed by atoms with Gasteiger partial charge >= 0.3 is 16.3 Å². The first kappa shape index (κ1) is 24.8. The van der Waals surface area contributed by atoms with E-state index in [9.17, 15) is 26.4 Å². The summed E-state index contributed by atoms with van der Waals surface area (Å²) < 4.78 is 80.9. The maximum atomic E-state index is 13.1. The largest absolute Gasteiger partial charge is 0.459 e. The first-order chi connectivity index (χ1) is 16.6. The van der Waals surface area contributed by atoms with Gasteiger partial charge in [-0.3, -0.25) is 4.79 Å². The Bertz CT molecular complexity index is 1270. The summed E-state index contributed by atoms with van der Waals surface area (Å²) >= 11 is 0. The third-order valence-corrected chi connectivity index (χ3v) is 6.68. The topological polar surface area (TPSA) is 86.1 Å². The van der Waals surface area contributed by atoms with E-state index >= 15 is 0 Å². The molecule has 0 radical (unpaired) electrons. The zero-order valence-electron chi connectivity index (χ0n) is 18.4. The molecule has 1 saturated heterocycles. The van der Waals surface area contributed by atoms with Gasteiger partial charge in [-0.2, -0.15) is 21.6 Å². The normalized spacial score (nSPS) is 16.3. The first-order valence-corrected chi connectivity index (χ1v) is 12.2. The first-order valence-electron chi connectivity index (χ1n) is 10.8. The lowest BCUT2D eigenvalue weighted by molar-refractivity contribution is -0.137. The molecule has 7 nitrogen and oxygen atoms in total. The summed E-state index contributed by atoms with van der Waals surface area (Å²) in [6.07, 6.45) is -1.89. The van der Waals surface area contributed by atoms with Gasteiger partial charge in [-0.1, -0.05) is 24.3 Å². The number of hydrogen-bond donors (Lipinski definition) is 0. The molecule has 0 saturated carbocycles. The molecule has 1 aliphatic rings. The van der Waals surface area contributed by atoms with Gasteiger partial charge in [-0.25, -0.2) is 0 Å². The molecule has 35 heavy (non-hydrogen) atoms. The lowest BCUT2D eigenvalue weighted by atomic mass is 10.1. The zero-order valence-corrected chi connectivity index (χ0v) is 19.2. The lowest BCUT2D eigenvalue weighted by Gasteiger charge is -2.25. The van der Waals surface area contributed by atoms with Crippen LogP contribution in [-0.4, -0.2) is 38.5 Å². The van der Waals surface area contributed by atoms with Crippen molar-refractivity contribution in [1.82, 2.24) is 4.90 Å². The number of nitrogens with zero attached hydrogens (tertiary/aromatic N) is 1. The van der Waals surface area contributed by atoms with E-state index in [1.54, 1.807) is 18.2 Å². The molecular weight excluding hydrogens is 487 g/mol. The van der Waals surface area contributed by atoms with Gasteiger partial charge in [0.05, 0.1) is 17.9 Å². The smallest absolute Gasteiger partial charge is 0.416 e. The van der Waals surface area contributed by atoms with Gasteiger partial charge in [0.15, 0.2) is 5.76 Å². The molecule has 11 heteroatoms. The van der Waals surface area contributed by atoms with E-state index in [1.807, 2.05) is 0 Å². The summed E-state index contributed by atoms with van der Waals surface area (Å²) in [6, 6.07) is 12.5. The second kappa shape index (κ2) is 10.1. The quantitative estimate of drug-likeness (QED) is 0.402. The van der Waals surface area contributed by atoms with Crippen LogP contribution in [0.15, 0.2) is 76.2 Å². The molecule has 0 spiro atoms. The van der Waals surface area contributed by atoms with Crippen molar-refractivity contribution in [2.75, 3.05) is 13.2 Å². The molecule has 1 atom stereocenters. The number of alkyl halides is 3. The Balaban J connectivity index is 1.60. The Hall–Kier alpha value is -3.31. The van der Waals surface area contributed by atoms with Gasteiger partial charge in [0, 0.05) is 25.3 Å². The number of rotatable bonds is 8. The van der Waals surface area contributed by atoms with Gasteiger partial charge in [-0.05, 0) is 49.2 Å². The number of halogens is 3. The second-order valence-electron chi connectivity index (χ2n) is 7.97. The van der Waals surface area contributed by atoms with Crippen LogP contribution in [0.25, 0.3) is 0 Å². The van der Waals surface area contributed by atoms with Crippen molar-refractivity contribution in [2.45, 2.75) is 36.6 Å². The van der Waals surface area contributed by atoms with Gasteiger partial charge < -0.3 is 18.2 Å². The van der Waals surface area contributed by atoms with Crippen molar-refractivity contribution in [3.8, 4) is 5.75 Å². The third kappa shape index (κ3) is 6.04. The Morgan fingerprint density at radius 2 is 1.89 bits per heavy atom. The Kier molecular flexibility index (Phi) is 7.18.